The van der Waals surface area contributed by atoms with E-state index in [4.69, 9.17) is 4.84 Å². The van der Waals surface area contributed by atoms with E-state index in [1.165, 1.54) is 5.39 Å². The van der Waals surface area contributed by atoms with E-state index in [2.05, 4.69) is 38.3 Å². The normalized spacial score (nSPS) is 17.6. The van der Waals surface area contributed by atoms with Crippen molar-refractivity contribution in [2.75, 3.05) is 0 Å². The summed E-state index contributed by atoms with van der Waals surface area (Å²) in [5, 5.41) is 12.6. The number of fused-ring (bicyclic) bond motifs is 1. The van der Waals surface area contributed by atoms with E-state index in [0.717, 1.165) is 28.0 Å². The van der Waals surface area contributed by atoms with Crippen LogP contribution in [0.15, 0.2) is 41.8 Å². The van der Waals surface area contributed by atoms with Crippen LogP contribution in [-0.4, -0.2) is 32.1 Å². The molecule has 2 aromatic heterocycles. The molecule has 3 aromatic rings. The summed E-state index contributed by atoms with van der Waals surface area (Å²) in [4.78, 5) is 18.0. The van der Waals surface area contributed by atoms with Gasteiger partial charge in [-0.1, -0.05) is 17.3 Å². The molecule has 1 aromatic carbocycles. The number of carbonyl (C=O) groups excluding carboxylic acids is 1. The highest BCUT2D eigenvalue weighted by Crippen LogP contribution is 2.23. The van der Waals surface area contributed by atoms with Gasteiger partial charge in [0.05, 0.1) is 17.4 Å². The van der Waals surface area contributed by atoms with Crippen LogP contribution in [0.4, 0.5) is 0 Å². The lowest BCUT2D eigenvalue weighted by Crippen LogP contribution is -2.36. The molecule has 7 nitrogen and oxygen atoms in total. The maximum Gasteiger partial charge on any atom is 0.264 e. The van der Waals surface area contributed by atoms with Gasteiger partial charge >= 0.3 is 0 Å². The second-order valence-electron chi connectivity index (χ2n) is 7.11. The van der Waals surface area contributed by atoms with Crippen molar-refractivity contribution in [3.63, 3.8) is 0 Å². The first-order chi connectivity index (χ1) is 12.9. The minimum atomic E-state index is -0.610. The Balaban J connectivity index is 1.43. The molecular weight excluding hydrogens is 342 g/mol. The summed E-state index contributed by atoms with van der Waals surface area (Å²) in [6.45, 7) is 3.90. The molecule has 1 amide bonds. The van der Waals surface area contributed by atoms with Crippen molar-refractivity contribution in [3.8, 4) is 0 Å². The fourth-order valence-corrected chi connectivity index (χ4v) is 3.50. The number of nitrogens with one attached hydrogen (secondary N) is 1. The lowest BCUT2D eigenvalue weighted by molar-refractivity contribution is -0.131. The number of benzene rings is 1. The van der Waals surface area contributed by atoms with Crippen molar-refractivity contribution in [1.29, 1.82) is 0 Å². The Morgan fingerprint density at radius 3 is 2.89 bits per heavy atom. The molecule has 3 heterocycles. The summed E-state index contributed by atoms with van der Waals surface area (Å²) in [6.07, 6.45) is 3.77. The standard InChI is InChI=1S/C20H23N5O2/c1-12(15-6-5-14-7-8-24(3)18(14)9-15)21-20(26)19-10-17(23-27-19)16-11-25(4)22-13(16)2/h5-9,11-12,19H,10H2,1-4H3,(H,21,26). The van der Waals surface area contributed by atoms with Crippen molar-refractivity contribution in [2.24, 2.45) is 19.3 Å². The minimum absolute atomic E-state index is 0.121. The van der Waals surface area contributed by atoms with Crippen molar-refractivity contribution < 1.29 is 9.63 Å². The lowest BCUT2D eigenvalue weighted by atomic mass is 10.0. The average molecular weight is 365 g/mol. The first-order valence-corrected chi connectivity index (χ1v) is 9.01. The maximum atomic E-state index is 12.6. The van der Waals surface area contributed by atoms with Gasteiger partial charge in [0.1, 0.15) is 0 Å². The zero-order chi connectivity index (χ0) is 19.1. The van der Waals surface area contributed by atoms with Crippen molar-refractivity contribution >= 4 is 22.5 Å². The number of carbonyl (C=O) groups is 1. The number of aromatic nitrogens is 3. The number of aryl methyl sites for hydroxylation is 3. The molecule has 0 fully saturated rings. The number of amides is 1. The number of hydrogen-bond acceptors (Lipinski definition) is 4. The van der Waals surface area contributed by atoms with E-state index in [1.807, 2.05) is 46.4 Å². The number of hydrogen-bond donors (Lipinski definition) is 1. The highest BCUT2D eigenvalue weighted by Gasteiger charge is 2.31. The van der Waals surface area contributed by atoms with Crippen molar-refractivity contribution in [3.05, 3.63) is 53.5 Å². The quantitative estimate of drug-likeness (QED) is 0.772. The Bertz CT molecular complexity index is 1050. The monoisotopic (exact) mass is 365 g/mol. The Kier molecular flexibility index (Phi) is 4.22. The van der Waals surface area contributed by atoms with Gasteiger partial charge in [0.15, 0.2) is 0 Å². The van der Waals surface area contributed by atoms with Gasteiger partial charge < -0.3 is 14.7 Å². The summed E-state index contributed by atoms with van der Waals surface area (Å²) >= 11 is 0. The zero-order valence-corrected chi connectivity index (χ0v) is 15.9. The van der Waals surface area contributed by atoms with Crippen LogP contribution >= 0.6 is 0 Å². The topological polar surface area (TPSA) is 73.4 Å². The fourth-order valence-electron chi connectivity index (χ4n) is 3.50. The highest BCUT2D eigenvalue weighted by atomic mass is 16.6. The Labute approximate surface area is 157 Å². The molecule has 0 saturated carbocycles. The first kappa shape index (κ1) is 17.3. The van der Waals surface area contributed by atoms with E-state index < -0.39 is 6.10 Å². The SMILES string of the molecule is Cc1nn(C)cc1C1=NOC(C(=O)NC(C)c2ccc3ccn(C)c3c2)C1. The van der Waals surface area contributed by atoms with E-state index >= 15 is 0 Å². The Morgan fingerprint density at radius 2 is 2.15 bits per heavy atom. The molecule has 0 spiro atoms. The Morgan fingerprint density at radius 1 is 1.33 bits per heavy atom. The van der Waals surface area contributed by atoms with Crippen LogP contribution in [0, 0.1) is 6.92 Å². The molecule has 2 atom stereocenters. The summed E-state index contributed by atoms with van der Waals surface area (Å²) in [5.74, 6) is -0.158. The van der Waals surface area contributed by atoms with Crippen LogP contribution < -0.4 is 5.32 Å². The van der Waals surface area contributed by atoms with Crippen molar-refractivity contribution in [1.82, 2.24) is 19.7 Å². The van der Waals surface area contributed by atoms with Crippen LogP contribution in [0.3, 0.4) is 0 Å². The number of rotatable bonds is 4. The molecule has 2 unspecified atom stereocenters. The van der Waals surface area contributed by atoms with Crippen LogP contribution in [0.1, 0.15) is 36.2 Å². The van der Waals surface area contributed by atoms with Gasteiger partial charge in [0, 0.05) is 44.0 Å². The smallest absolute Gasteiger partial charge is 0.264 e. The summed E-state index contributed by atoms with van der Waals surface area (Å²) in [6, 6.07) is 8.19. The Hall–Kier alpha value is -3.09. The third-order valence-electron chi connectivity index (χ3n) is 5.06. The molecule has 1 aliphatic heterocycles. The lowest BCUT2D eigenvalue weighted by Gasteiger charge is -2.17. The summed E-state index contributed by atoms with van der Waals surface area (Å²) in [5.41, 5.74) is 4.77. The van der Waals surface area contributed by atoms with E-state index in [9.17, 15) is 4.79 Å². The fraction of sp³-hybridized carbons (Fsp3) is 0.350. The highest BCUT2D eigenvalue weighted by molar-refractivity contribution is 6.04. The van der Waals surface area contributed by atoms with Gasteiger partial charge in [0.25, 0.3) is 5.91 Å². The molecule has 1 N–H and O–H groups in total. The molecule has 0 radical (unpaired) electrons. The van der Waals surface area contributed by atoms with Gasteiger partial charge in [-0.15, -0.1) is 0 Å². The predicted molar refractivity (Wildman–Crippen MR) is 103 cm³/mol. The van der Waals surface area contributed by atoms with E-state index in [1.54, 1.807) is 4.68 Å². The zero-order valence-electron chi connectivity index (χ0n) is 15.9. The van der Waals surface area contributed by atoms with E-state index in [-0.39, 0.29) is 11.9 Å². The molecule has 4 rings (SSSR count). The molecule has 0 aliphatic carbocycles. The number of nitrogens with zero attached hydrogens (tertiary/aromatic N) is 4. The van der Waals surface area contributed by atoms with Gasteiger partial charge in [-0.05, 0) is 36.9 Å². The molecule has 140 valence electrons. The summed E-state index contributed by atoms with van der Waals surface area (Å²) < 4.78 is 3.81. The van der Waals surface area contributed by atoms with Gasteiger partial charge in [0.2, 0.25) is 6.10 Å². The second-order valence-corrected chi connectivity index (χ2v) is 7.11. The average Bonchev–Trinajstić information content (AvgIpc) is 3.34. The first-order valence-electron chi connectivity index (χ1n) is 9.01. The van der Waals surface area contributed by atoms with Gasteiger partial charge in [-0.25, -0.2) is 0 Å². The van der Waals surface area contributed by atoms with Gasteiger partial charge in [-0.3, -0.25) is 9.48 Å². The largest absolute Gasteiger partial charge is 0.382 e. The minimum Gasteiger partial charge on any atom is -0.382 e. The van der Waals surface area contributed by atoms with E-state index in [0.29, 0.717) is 6.42 Å². The molecular formula is C20H23N5O2. The molecule has 1 aliphatic rings. The predicted octanol–water partition coefficient (Wildman–Crippen LogP) is 2.59. The molecule has 0 bridgehead atoms. The van der Waals surface area contributed by atoms with Gasteiger partial charge in [-0.2, -0.15) is 5.10 Å². The second kappa shape index (κ2) is 6.57. The van der Waals surface area contributed by atoms with Crippen LogP contribution in [0.25, 0.3) is 10.9 Å². The molecule has 7 heteroatoms. The third kappa shape index (κ3) is 3.20. The third-order valence-corrected chi connectivity index (χ3v) is 5.06. The maximum absolute atomic E-state index is 12.6. The van der Waals surface area contributed by atoms with Crippen LogP contribution in [0.2, 0.25) is 0 Å². The summed E-state index contributed by atoms with van der Waals surface area (Å²) in [7, 11) is 3.88. The van der Waals surface area contributed by atoms with Crippen LogP contribution in [-0.2, 0) is 23.7 Å². The molecule has 27 heavy (non-hydrogen) atoms. The molecule has 0 saturated heterocycles. The van der Waals surface area contributed by atoms with Crippen LogP contribution in [0.5, 0.6) is 0 Å². The number of oxime groups is 1. The van der Waals surface area contributed by atoms with Crippen molar-refractivity contribution in [2.45, 2.75) is 32.4 Å².